The Morgan fingerprint density at radius 2 is 2.22 bits per heavy atom. The van der Waals surface area contributed by atoms with E-state index in [0.29, 0.717) is 12.0 Å². The number of ether oxygens (including phenoxy) is 1. The summed E-state index contributed by atoms with van der Waals surface area (Å²) in [7, 11) is 0. The van der Waals surface area contributed by atoms with E-state index in [-0.39, 0.29) is 17.4 Å². The molecule has 0 saturated heterocycles. The van der Waals surface area contributed by atoms with Crippen LogP contribution in [0, 0.1) is 5.82 Å². The summed E-state index contributed by atoms with van der Waals surface area (Å²) in [6.07, 6.45) is 3.80. The molecule has 0 aliphatic heterocycles. The molecule has 2 rings (SSSR count). The van der Waals surface area contributed by atoms with Crippen molar-refractivity contribution in [2.75, 3.05) is 0 Å². The minimum absolute atomic E-state index is 0.0731. The molecule has 18 heavy (non-hydrogen) atoms. The summed E-state index contributed by atoms with van der Waals surface area (Å²) in [4.78, 5) is 10.5. The van der Waals surface area contributed by atoms with Crippen LogP contribution in [-0.2, 0) is 0 Å². The molecule has 1 aromatic carbocycles. The van der Waals surface area contributed by atoms with Gasteiger partial charge in [0.05, 0.1) is 12.4 Å². The SMILES string of the molecule is CC(C)n1cc(Oc2ccc(C=O)cc2F)cn1. The topological polar surface area (TPSA) is 44.1 Å². The molecule has 0 unspecified atom stereocenters. The lowest BCUT2D eigenvalue weighted by atomic mass is 10.2. The average Bonchev–Trinajstić information content (AvgIpc) is 2.80. The highest BCUT2D eigenvalue weighted by Gasteiger charge is 2.08. The van der Waals surface area contributed by atoms with Crippen molar-refractivity contribution < 1.29 is 13.9 Å². The molecule has 0 N–H and O–H groups in total. The number of aldehydes is 1. The number of carbonyl (C=O) groups excluding carboxylic acids is 1. The summed E-state index contributed by atoms with van der Waals surface area (Å²) in [5.41, 5.74) is 0.276. The zero-order valence-electron chi connectivity index (χ0n) is 10.1. The van der Waals surface area contributed by atoms with E-state index in [0.717, 1.165) is 6.07 Å². The van der Waals surface area contributed by atoms with Gasteiger partial charge in [-0.1, -0.05) is 0 Å². The fourth-order valence-electron chi connectivity index (χ4n) is 1.46. The number of hydrogen-bond acceptors (Lipinski definition) is 3. The first-order valence-corrected chi connectivity index (χ1v) is 5.57. The standard InChI is InChI=1S/C13H13FN2O2/c1-9(2)16-7-11(6-15-16)18-13-4-3-10(8-17)5-12(13)14/h3-9H,1-2H3. The highest BCUT2D eigenvalue weighted by atomic mass is 19.1. The van der Waals surface area contributed by atoms with E-state index in [9.17, 15) is 9.18 Å². The number of rotatable bonds is 4. The van der Waals surface area contributed by atoms with Crippen LogP contribution in [0.25, 0.3) is 0 Å². The summed E-state index contributed by atoms with van der Waals surface area (Å²) in [5, 5.41) is 4.09. The normalized spacial score (nSPS) is 10.7. The Balaban J connectivity index is 2.20. The van der Waals surface area contributed by atoms with Crippen LogP contribution in [0.3, 0.4) is 0 Å². The van der Waals surface area contributed by atoms with Crippen molar-refractivity contribution in [1.82, 2.24) is 9.78 Å². The van der Waals surface area contributed by atoms with E-state index in [4.69, 9.17) is 4.74 Å². The predicted molar refractivity (Wildman–Crippen MR) is 64.5 cm³/mol. The molecule has 0 amide bonds. The quantitative estimate of drug-likeness (QED) is 0.780. The lowest BCUT2D eigenvalue weighted by molar-refractivity contribution is 0.112. The molecule has 4 nitrogen and oxygen atoms in total. The van der Waals surface area contributed by atoms with Gasteiger partial charge in [0, 0.05) is 11.6 Å². The van der Waals surface area contributed by atoms with Gasteiger partial charge in [-0.2, -0.15) is 5.10 Å². The molecule has 0 radical (unpaired) electrons. The second-order valence-electron chi connectivity index (χ2n) is 4.16. The zero-order chi connectivity index (χ0) is 13.1. The van der Waals surface area contributed by atoms with Crippen LogP contribution >= 0.6 is 0 Å². The van der Waals surface area contributed by atoms with Crippen molar-refractivity contribution >= 4 is 6.29 Å². The maximum absolute atomic E-state index is 13.6. The summed E-state index contributed by atoms with van der Waals surface area (Å²) < 4.78 is 20.7. The third kappa shape index (κ3) is 2.56. The number of carbonyl (C=O) groups is 1. The molecular formula is C13H13FN2O2. The van der Waals surface area contributed by atoms with E-state index in [2.05, 4.69) is 5.10 Å². The Labute approximate surface area is 104 Å². The van der Waals surface area contributed by atoms with Gasteiger partial charge in [0.25, 0.3) is 0 Å². The molecule has 2 aromatic rings. The molecule has 94 valence electrons. The van der Waals surface area contributed by atoms with Gasteiger partial charge >= 0.3 is 0 Å². The molecule has 1 aromatic heterocycles. The second kappa shape index (κ2) is 5.00. The van der Waals surface area contributed by atoms with Gasteiger partial charge in [-0.3, -0.25) is 9.48 Å². The Bertz CT molecular complexity index is 564. The minimum Gasteiger partial charge on any atom is -0.451 e. The van der Waals surface area contributed by atoms with Crippen LogP contribution in [0.15, 0.2) is 30.6 Å². The lowest BCUT2D eigenvalue weighted by Gasteiger charge is -2.05. The van der Waals surface area contributed by atoms with Crippen molar-refractivity contribution in [3.63, 3.8) is 0 Å². The minimum atomic E-state index is -0.572. The molecule has 0 aliphatic carbocycles. The van der Waals surface area contributed by atoms with Gasteiger partial charge < -0.3 is 4.74 Å². The van der Waals surface area contributed by atoms with Crippen molar-refractivity contribution in [3.05, 3.63) is 42.0 Å². The van der Waals surface area contributed by atoms with Gasteiger partial charge in [0.1, 0.15) is 6.29 Å². The smallest absolute Gasteiger partial charge is 0.166 e. The van der Waals surface area contributed by atoms with Crippen LogP contribution in [0.4, 0.5) is 4.39 Å². The Morgan fingerprint density at radius 3 is 2.78 bits per heavy atom. The van der Waals surface area contributed by atoms with E-state index in [1.165, 1.54) is 18.3 Å². The zero-order valence-corrected chi connectivity index (χ0v) is 10.1. The van der Waals surface area contributed by atoms with Gasteiger partial charge in [0.15, 0.2) is 17.3 Å². The number of nitrogens with zero attached hydrogens (tertiary/aromatic N) is 2. The fourth-order valence-corrected chi connectivity index (χ4v) is 1.46. The molecule has 0 spiro atoms. The first-order valence-electron chi connectivity index (χ1n) is 5.57. The summed E-state index contributed by atoms with van der Waals surface area (Å²) in [6.45, 7) is 3.96. The van der Waals surface area contributed by atoms with Crippen molar-refractivity contribution in [2.24, 2.45) is 0 Å². The maximum Gasteiger partial charge on any atom is 0.166 e. The number of hydrogen-bond donors (Lipinski definition) is 0. The van der Waals surface area contributed by atoms with Gasteiger partial charge in [-0.15, -0.1) is 0 Å². The Kier molecular flexibility index (Phi) is 3.41. The molecule has 0 bridgehead atoms. The molecule has 1 heterocycles. The first kappa shape index (κ1) is 12.3. The van der Waals surface area contributed by atoms with Gasteiger partial charge in [-0.25, -0.2) is 4.39 Å². The van der Waals surface area contributed by atoms with E-state index < -0.39 is 5.82 Å². The highest BCUT2D eigenvalue weighted by Crippen LogP contribution is 2.25. The van der Waals surface area contributed by atoms with Crippen LogP contribution in [0.5, 0.6) is 11.5 Å². The largest absolute Gasteiger partial charge is 0.451 e. The number of halogens is 1. The van der Waals surface area contributed by atoms with Crippen LogP contribution in [0.1, 0.15) is 30.2 Å². The highest BCUT2D eigenvalue weighted by molar-refractivity contribution is 5.75. The molecular weight excluding hydrogens is 235 g/mol. The van der Waals surface area contributed by atoms with Crippen LogP contribution < -0.4 is 4.74 Å². The van der Waals surface area contributed by atoms with Gasteiger partial charge in [0.2, 0.25) is 0 Å². The molecule has 0 fully saturated rings. The number of benzene rings is 1. The Hall–Kier alpha value is -2.17. The van der Waals surface area contributed by atoms with Gasteiger partial charge in [-0.05, 0) is 32.0 Å². The van der Waals surface area contributed by atoms with Crippen LogP contribution in [-0.4, -0.2) is 16.1 Å². The Morgan fingerprint density at radius 1 is 1.44 bits per heavy atom. The summed E-state index contributed by atoms with van der Waals surface area (Å²) in [5.74, 6) is -0.0396. The third-order valence-corrected chi connectivity index (χ3v) is 2.43. The average molecular weight is 248 g/mol. The molecule has 0 aliphatic rings. The second-order valence-corrected chi connectivity index (χ2v) is 4.16. The molecule has 5 heteroatoms. The van der Waals surface area contributed by atoms with Crippen molar-refractivity contribution in [3.8, 4) is 11.5 Å². The monoisotopic (exact) mass is 248 g/mol. The third-order valence-electron chi connectivity index (χ3n) is 2.43. The lowest BCUT2D eigenvalue weighted by Crippen LogP contribution is -1.99. The van der Waals surface area contributed by atoms with E-state index >= 15 is 0 Å². The van der Waals surface area contributed by atoms with E-state index in [1.54, 1.807) is 10.9 Å². The summed E-state index contributed by atoms with van der Waals surface area (Å²) in [6, 6.07) is 4.27. The van der Waals surface area contributed by atoms with Crippen molar-refractivity contribution in [1.29, 1.82) is 0 Å². The summed E-state index contributed by atoms with van der Waals surface area (Å²) >= 11 is 0. The maximum atomic E-state index is 13.6. The number of aromatic nitrogens is 2. The van der Waals surface area contributed by atoms with E-state index in [1.807, 2.05) is 13.8 Å². The van der Waals surface area contributed by atoms with Crippen molar-refractivity contribution in [2.45, 2.75) is 19.9 Å². The predicted octanol–water partition coefficient (Wildman–Crippen LogP) is 3.21. The van der Waals surface area contributed by atoms with Crippen LogP contribution in [0.2, 0.25) is 0 Å². The first-order chi connectivity index (χ1) is 8.60. The fraction of sp³-hybridized carbons (Fsp3) is 0.231. The molecule has 0 saturated carbocycles. The molecule has 0 atom stereocenters.